The summed E-state index contributed by atoms with van der Waals surface area (Å²) in [7, 11) is -2.96. The van der Waals surface area contributed by atoms with Gasteiger partial charge in [0.05, 0.1) is 17.5 Å². The van der Waals surface area contributed by atoms with Crippen LogP contribution in [0.2, 0.25) is 5.02 Å². The molecule has 0 radical (unpaired) electrons. The first-order chi connectivity index (χ1) is 15.8. The maximum atomic E-state index is 13.0. The van der Waals surface area contributed by atoms with E-state index in [1.54, 1.807) is 0 Å². The SMILES string of the molecule is Cc1ccc(Cl)cc1N1CCN(C(=O)c2ccc(NC3=N[C@@H]4CS(=O)(=O)C[C@@H]4S3)cc2)CC1. The summed E-state index contributed by atoms with van der Waals surface area (Å²) in [5, 5.41) is 4.72. The Kier molecular flexibility index (Phi) is 6.05. The molecule has 1 amide bonds. The zero-order valence-electron chi connectivity index (χ0n) is 18.2. The van der Waals surface area contributed by atoms with Crippen LogP contribution >= 0.6 is 23.4 Å². The number of nitrogens with zero attached hydrogens (tertiary/aromatic N) is 3. The van der Waals surface area contributed by atoms with Gasteiger partial charge >= 0.3 is 0 Å². The summed E-state index contributed by atoms with van der Waals surface area (Å²) in [6, 6.07) is 13.1. The van der Waals surface area contributed by atoms with Gasteiger partial charge in [0, 0.05) is 53.4 Å². The third-order valence-electron chi connectivity index (χ3n) is 6.28. The molecule has 2 aromatic rings. The van der Waals surface area contributed by atoms with E-state index in [9.17, 15) is 13.2 Å². The van der Waals surface area contributed by atoms with Crippen LogP contribution in [0.25, 0.3) is 0 Å². The Morgan fingerprint density at radius 3 is 2.52 bits per heavy atom. The molecule has 3 aliphatic rings. The first kappa shape index (κ1) is 22.6. The van der Waals surface area contributed by atoms with Crippen molar-refractivity contribution in [2.45, 2.75) is 18.2 Å². The molecule has 2 fully saturated rings. The molecule has 3 heterocycles. The van der Waals surface area contributed by atoms with E-state index < -0.39 is 9.84 Å². The highest BCUT2D eigenvalue weighted by molar-refractivity contribution is 8.15. The van der Waals surface area contributed by atoms with E-state index in [2.05, 4.69) is 22.1 Å². The van der Waals surface area contributed by atoms with E-state index in [0.29, 0.717) is 18.7 Å². The number of carbonyl (C=O) groups excluding carboxylic acids is 1. The van der Waals surface area contributed by atoms with Gasteiger partial charge in [-0.15, -0.1) is 0 Å². The number of thioether (sulfide) groups is 1. The van der Waals surface area contributed by atoms with E-state index in [1.807, 2.05) is 47.4 Å². The van der Waals surface area contributed by atoms with Crippen LogP contribution in [0.15, 0.2) is 47.5 Å². The predicted octanol–water partition coefficient (Wildman–Crippen LogP) is 3.29. The van der Waals surface area contributed by atoms with Crippen LogP contribution in [0, 0.1) is 6.92 Å². The van der Waals surface area contributed by atoms with Crippen molar-refractivity contribution in [2.75, 3.05) is 47.9 Å². The minimum Gasteiger partial charge on any atom is -0.368 e. The lowest BCUT2D eigenvalue weighted by atomic mass is 10.1. The average molecular weight is 505 g/mol. The van der Waals surface area contributed by atoms with Gasteiger partial charge in [-0.1, -0.05) is 29.4 Å². The number of fused-ring (bicyclic) bond motifs is 1. The Bertz CT molecular complexity index is 1210. The molecule has 7 nitrogen and oxygen atoms in total. The fourth-order valence-corrected chi connectivity index (χ4v) is 8.33. The number of aliphatic imine (C=N–C) groups is 1. The molecule has 5 rings (SSSR count). The van der Waals surface area contributed by atoms with Crippen molar-refractivity contribution in [1.82, 2.24) is 4.90 Å². The number of carbonyl (C=O) groups is 1. The molecule has 33 heavy (non-hydrogen) atoms. The second kappa shape index (κ2) is 8.85. The Balaban J connectivity index is 1.17. The second-order valence-electron chi connectivity index (χ2n) is 8.65. The quantitative estimate of drug-likeness (QED) is 0.690. The molecule has 0 aromatic heterocycles. The molecular weight excluding hydrogens is 480 g/mol. The molecule has 0 unspecified atom stereocenters. The average Bonchev–Trinajstić information content (AvgIpc) is 3.28. The Labute approximate surface area is 203 Å². The van der Waals surface area contributed by atoms with Gasteiger partial charge < -0.3 is 15.1 Å². The lowest BCUT2D eigenvalue weighted by Crippen LogP contribution is -2.49. The number of amides is 1. The number of halogens is 1. The number of rotatable bonds is 3. The van der Waals surface area contributed by atoms with Gasteiger partial charge in [-0.05, 0) is 48.9 Å². The third-order valence-corrected chi connectivity index (χ3v) is 9.66. The van der Waals surface area contributed by atoms with Crippen LogP contribution in [0.4, 0.5) is 11.4 Å². The highest BCUT2D eigenvalue weighted by Crippen LogP contribution is 2.34. The number of aryl methyl sites for hydroxylation is 1. The predicted molar refractivity (Wildman–Crippen MR) is 136 cm³/mol. The van der Waals surface area contributed by atoms with Crippen molar-refractivity contribution < 1.29 is 13.2 Å². The first-order valence-corrected chi connectivity index (χ1v) is 14.0. The number of sulfone groups is 1. The third kappa shape index (κ3) is 4.85. The highest BCUT2D eigenvalue weighted by atomic mass is 35.5. The lowest BCUT2D eigenvalue weighted by molar-refractivity contribution is 0.0747. The van der Waals surface area contributed by atoms with E-state index in [1.165, 1.54) is 17.3 Å². The summed E-state index contributed by atoms with van der Waals surface area (Å²) in [6.07, 6.45) is 0. The molecule has 174 valence electrons. The Morgan fingerprint density at radius 2 is 1.82 bits per heavy atom. The molecular formula is C23H25ClN4O3S2. The van der Waals surface area contributed by atoms with Gasteiger partial charge in [-0.3, -0.25) is 9.79 Å². The first-order valence-electron chi connectivity index (χ1n) is 10.9. The molecule has 0 saturated carbocycles. The second-order valence-corrected chi connectivity index (χ2v) is 12.5. The minimum absolute atomic E-state index is 0.00715. The van der Waals surface area contributed by atoms with Crippen molar-refractivity contribution >= 4 is 55.6 Å². The van der Waals surface area contributed by atoms with Crippen LogP contribution in [-0.4, -0.2) is 73.4 Å². The number of hydrogen-bond donors (Lipinski definition) is 1. The smallest absolute Gasteiger partial charge is 0.253 e. The van der Waals surface area contributed by atoms with Crippen molar-refractivity contribution in [3.05, 3.63) is 58.6 Å². The Hall–Kier alpha value is -2.23. The van der Waals surface area contributed by atoms with Crippen LogP contribution < -0.4 is 10.2 Å². The molecule has 3 aliphatic heterocycles. The van der Waals surface area contributed by atoms with Crippen molar-refractivity contribution in [3.63, 3.8) is 0 Å². The summed E-state index contributed by atoms with van der Waals surface area (Å²) in [5.41, 5.74) is 3.79. The highest BCUT2D eigenvalue weighted by Gasteiger charge is 2.42. The zero-order chi connectivity index (χ0) is 23.2. The van der Waals surface area contributed by atoms with E-state index >= 15 is 0 Å². The fourth-order valence-electron chi connectivity index (χ4n) is 4.49. The van der Waals surface area contributed by atoms with Crippen molar-refractivity contribution in [2.24, 2.45) is 4.99 Å². The summed E-state index contributed by atoms with van der Waals surface area (Å²) in [5.74, 6) is 0.346. The molecule has 2 aromatic carbocycles. The lowest BCUT2D eigenvalue weighted by Gasteiger charge is -2.37. The summed E-state index contributed by atoms with van der Waals surface area (Å²) in [4.78, 5) is 21.7. The monoisotopic (exact) mass is 504 g/mol. The molecule has 0 spiro atoms. The minimum atomic E-state index is -2.96. The van der Waals surface area contributed by atoms with Crippen LogP contribution in [0.1, 0.15) is 15.9 Å². The van der Waals surface area contributed by atoms with Crippen molar-refractivity contribution in [3.8, 4) is 0 Å². The standard InChI is InChI=1S/C23H25ClN4O3S2/c1-15-2-5-17(24)12-20(15)27-8-10-28(11-9-27)22(29)16-3-6-18(7-4-16)25-23-26-19-13-33(30,31)14-21(19)32-23/h2-7,12,19,21H,8-11,13-14H2,1H3,(H,25,26)/t19-,21+/m1/s1. The summed E-state index contributed by atoms with van der Waals surface area (Å²) in [6.45, 7) is 4.92. The number of benzene rings is 2. The molecule has 0 bridgehead atoms. The topological polar surface area (TPSA) is 82.1 Å². The molecule has 2 atom stereocenters. The number of hydrogen-bond acceptors (Lipinski definition) is 7. The molecule has 1 N–H and O–H groups in total. The van der Waals surface area contributed by atoms with Gasteiger partial charge in [-0.2, -0.15) is 0 Å². The van der Waals surface area contributed by atoms with Crippen LogP contribution in [-0.2, 0) is 9.84 Å². The largest absolute Gasteiger partial charge is 0.368 e. The summed E-state index contributed by atoms with van der Waals surface area (Å²) < 4.78 is 23.4. The van der Waals surface area contributed by atoms with E-state index in [0.717, 1.165) is 34.7 Å². The normalized spacial score (nSPS) is 23.9. The number of piperazine rings is 1. The number of amidine groups is 1. The fraction of sp³-hybridized carbons (Fsp3) is 0.391. The number of nitrogens with one attached hydrogen (secondary N) is 1. The number of anilines is 2. The van der Waals surface area contributed by atoms with Crippen molar-refractivity contribution in [1.29, 1.82) is 0 Å². The molecule has 0 aliphatic carbocycles. The maximum absolute atomic E-state index is 13.0. The summed E-state index contributed by atoms with van der Waals surface area (Å²) >= 11 is 7.65. The Morgan fingerprint density at radius 1 is 1.09 bits per heavy atom. The van der Waals surface area contributed by atoms with Gasteiger partial charge in [0.1, 0.15) is 0 Å². The van der Waals surface area contributed by atoms with Gasteiger partial charge in [0.2, 0.25) is 0 Å². The van der Waals surface area contributed by atoms with Gasteiger partial charge in [0.15, 0.2) is 15.0 Å². The van der Waals surface area contributed by atoms with Crippen LogP contribution in [0.5, 0.6) is 0 Å². The van der Waals surface area contributed by atoms with E-state index in [-0.39, 0.29) is 28.7 Å². The van der Waals surface area contributed by atoms with Crippen LogP contribution in [0.3, 0.4) is 0 Å². The maximum Gasteiger partial charge on any atom is 0.253 e. The van der Waals surface area contributed by atoms with Gasteiger partial charge in [-0.25, -0.2) is 8.42 Å². The molecule has 10 heteroatoms. The van der Waals surface area contributed by atoms with E-state index in [4.69, 9.17) is 11.6 Å². The zero-order valence-corrected chi connectivity index (χ0v) is 20.6. The molecule has 2 saturated heterocycles. The van der Waals surface area contributed by atoms with Gasteiger partial charge in [0.25, 0.3) is 5.91 Å².